The van der Waals surface area contributed by atoms with Crippen LogP contribution in [0.2, 0.25) is 0 Å². The number of aliphatic hydroxyl groups is 1. The molecular formula is C21H41N5O6. The highest BCUT2D eigenvalue weighted by atomic mass is 16.4. The molecule has 0 rings (SSSR count). The number of carboxylic acids is 1. The van der Waals surface area contributed by atoms with Crippen molar-refractivity contribution in [1.82, 2.24) is 16.0 Å². The lowest BCUT2D eigenvalue weighted by molar-refractivity contribution is -0.144. The molecule has 11 nitrogen and oxygen atoms in total. The molecule has 0 saturated carbocycles. The minimum Gasteiger partial charge on any atom is -0.480 e. The molecule has 11 heteroatoms. The van der Waals surface area contributed by atoms with Crippen LogP contribution in [0.15, 0.2) is 0 Å². The highest BCUT2D eigenvalue weighted by Gasteiger charge is 2.33. The van der Waals surface area contributed by atoms with Crippen LogP contribution in [0.1, 0.15) is 60.3 Å². The molecule has 5 atom stereocenters. The van der Waals surface area contributed by atoms with Gasteiger partial charge in [0.15, 0.2) is 0 Å². The van der Waals surface area contributed by atoms with Gasteiger partial charge < -0.3 is 37.6 Å². The van der Waals surface area contributed by atoms with Gasteiger partial charge in [-0.2, -0.15) is 0 Å². The van der Waals surface area contributed by atoms with Crippen molar-refractivity contribution in [3.63, 3.8) is 0 Å². The van der Waals surface area contributed by atoms with E-state index in [1.807, 2.05) is 13.8 Å². The summed E-state index contributed by atoms with van der Waals surface area (Å²) in [5.41, 5.74) is 11.4. The number of rotatable bonds is 15. The SMILES string of the molecule is CC(C)CC(N)C(=O)NC(CCCCN)C(=O)NC(C(=O)NC(C(=O)O)C(C)C)C(C)O. The average Bonchev–Trinajstić information content (AvgIpc) is 2.67. The number of nitrogens with one attached hydrogen (secondary N) is 3. The lowest BCUT2D eigenvalue weighted by Gasteiger charge is -2.27. The predicted octanol–water partition coefficient (Wildman–Crippen LogP) is -0.935. The summed E-state index contributed by atoms with van der Waals surface area (Å²) in [6, 6.07) is -4.36. The van der Waals surface area contributed by atoms with Gasteiger partial charge in [-0.05, 0) is 51.0 Å². The second kappa shape index (κ2) is 14.8. The van der Waals surface area contributed by atoms with Crippen LogP contribution in [0.3, 0.4) is 0 Å². The van der Waals surface area contributed by atoms with Gasteiger partial charge in [0, 0.05) is 0 Å². The zero-order chi connectivity index (χ0) is 25.0. The van der Waals surface area contributed by atoms with Crippen LogP contribution in [0.25, 0.3) is 0 Å². The molecule has 5 unspecified atom stereocenters. The summed E-state index contributed by atoms with van der Waals surface area (Å²) < 4.78 is 0. The maximum Gasteiger partial charge on any atom is 0.326 e. The fourth-order valence-corrected chi connectivity index (χ4v) is 3.07. The Morgan fingerprint density at radius 3 is 1.84 bits per heavy atom. The highest BCUT2D eigenvalue weighted by molar-refractivity contribution is 5.94. The molecule has 0 saturated heterocycles. The Balaban J connectivity index is 5.41. The van der Waals surface area contributed by atoms with Crippen LogP contribution >= 0.6 is 0 Å². The average molecular weight is 460 g/mol. The maximum atomic E-state index is 12.9. The summed E-state index contributed by atoms with van der Waals surface area (Å²) in [6.07, 6.45) is 0.583. The molecule has 0 spiro atoms. The molecule has 3 amide bonds. The molecule has 0 aromatic heterocycles. The molecular weight excluding hydrogens is 418 g/mol. The molecule has 0 bridgehead atoms. The van der Waals surface area contributed by atoms with E-state index in [1.165, 1.54) is 6.92 Å². The third-order valence-corrected chi connectivity index (χ3v) is 4.94. The van der Waals surface area contributed by atoms with Crippen molar-refractivity contribution >= 4 is 23.7 Å². The number of carboxylic acid groups (broad SMARTS) is 1. The Hall–Kier alpha value is -2.24. The third-order valence-electron chi connectivity index (χ3n) is 4.94. The van der Waals surface area contributed by atoms with E-state index in [4.69, 9.17) is 11.5 Å². The standard InChI is InChI=1S/C21H41N5O6/c1-11(2)10-14(23)18(28)24-15(8-6-7-9-22)19(29)26-17(13(5)27)20(30)25-16(12(3)4)21(31)32/h11-17,27H,6-10,22-23H2,1-5H3,(H,24,28)(H,25,30)(H,26,29)(H,31,32). The molecule has 0 aromatic carbocycles. The second-order valence-electron chi connectivity index (χ2n) is 8.88. The molecule has 186 valence electrons. The largest absolute Gasteiger partial charge is 0.480 e. The van der Waals surface area contributed by atoms with E-state index >= 15 is 0 Å². The Morgan fingerprint density at radius 2 is 1.41 bits per heavy atom. The first-order valence-electron chi connectivity index (χ1n) is 11.1. The summed E-state index contributed by atoms with van der Waals surface area (Å²) >= 11 is 0. The predicted molar refractivity (Wildman–Crippen MR) is 120 cm³/mol. The highest BCUT2D eigenvalue weighted by Crippen LogP contribution is 2.08. The number of hydrogen-bond donors (Lipinski definition) is 7. The van der Waals surface area contributed by atoms with E-state index < -0.39 is 59.9 Å². The van der Waals surface area contributed by atoms with Gasteiger partial charge in [-0.1, -0.05) is 27.7 Å². The van der Waals surface area contributed by atoms with Gasteiger partial charge in [-0.3, -0.25) is 14.4 Å². The van der Waals surface area contributed by atoms with Gasteiger partial charge >= 0.3 is 5.97 Å². The van der Waals surface area contributed by atoms with E-state index in [0.29, 0.717) is 25.8 Å². The fourth-order valence-electron chi connectivity index (χ4n) is 3.07. The monoisotopic (exact) mass is 459 g/mol. The second-order valence-corrected chi connectivity index (χ2v) is 8.88. The number of amides is 3. The van der Waals surface area contributed by atoms with Crippen LogP contribution < -0.4 is 27.4 Å². The molecule has 0 aromatic rings. The zero-order valence-corrected chi connectivity index (χ0v) is 19.8. The van der Waals surface area contributed by atoms with E-state index in [9.17, 15) is 29.4 Å². The number of nitrogens with two attached hydrogens (primary N) is 2. The quantitative estimate of drug-likeness (QED) is 0.152. The van der Waals surface area contributed by atoms with Gasteiger partial charge in [0.2, 0.25) is 17.7 Å². The first kappa shape index (κ1) is 29.8. The summed E-state index contributed by atoms with van der Waals surface area (Å²) in [5, 5.41) is 26.7. The lowest BCUT2D eigenvalue weighted by Crippen LogP contribution is -2.60. The Bertz CT molecular complexity index is 626. The molecule has 0 fully saturated rings. The Kier molecular flexibility index (Phi) is 13.7. The van der Waals surface area contributed by atoms with Crippen LogP contribution in [0, 0.1) is 11.8 Å². The van der Waals surface area contributed by atoms with Crippen LogP contribution in [0.5, 0.6) is 0 Å². The van der Waals surface area contributed by atoms with Crippen molar-refractivity contribution in [2.45, 2.75) is 90.6 Å². The van der Waals surface area contributed by atoms with Gasteiger partial charge in [0.25, 0.3) is 0 Å². The first-order valence-corrected chi connectivity index (χ1v) is 11.1. The van der Waals surface area contributed by atoms with E-state index in [-0.39, 0.29) is 12.3 Å². The molecule has 0 aliphatic carbocycles. The summed E-state index contributed by atoms with van der Waals surface area (Å²) in [6.45, 7) is 8.81. The summed E-state index contributed by atoms with van der Waals surface area (Å²) in [4.78, 5) is 49.3. The topological polar surface area (TPSA) is 197 Å². The Labute approximate surface area is 190 Å². The number of aliphatic carboxylic acids is 1. The van der Waals surface area contributed by atoms with Crippen molar-refractivity contribution in [3.05, 3.63) is 0 Å². The van der Waals surface area contributed by atoms with Gasteiger partial charge in [-0.15, -0.1) is 0 Å². The molecule has 0 heterocycles. The summed E-state index contributed by atoms with van der Waals surface area (Å²) in [7, 11) is 0. The molecule has 0 aliphatic rings. The van der Waals surface area contributed by atoms with Gasteiger partial charge in [0.1, 0.15) is 18.1 Å². The smallest absolute Gasteiger partial charge is 0.326 e. The molecule has 0 aliphatic heterocycles. The van der Waals surface area contributed by atoms with Crippen molar-refractivity contribution < 1.29 is 29.4 Å². The normalized spacial score (nSPS) is 16.1. The first-order chi connectivity index (χ1) is 14.8. The van der Waals surface area contributed by atoms with Crippen LogP contribution in [-0.2, 0) is 19.2 Å². The van der Waals surface area contributed by atoms with E-state index in [2.05, 4.69) is 16.0 Å². The van der Waals surface area contributed by atoms with Crippen molar-refractivity contribution in [1.29, 1.82) is 0 Å². The number of carbonyl (C=O) groups is 4. The number of aliphatic hydroxyl groups excluding tert-OH is 1. The van der Waals surface area contributed by atoms with Gasteiger partial charge in [-0.25, -0.2) is 4.79 Å². The minimum atomic E-state index is -1.40. The summed E-state index contributed by atoms with van der Waals surface area (Å²) in [5.74, 6) is -3.45. The van der Waals surface area contributed by atoms with Crippen molar-refractivity contribution in [2.24, 2.45) is 23.3 Å². The third kappa shape index (κ3) is 10.9. The number of carbonyl (C=O) groups excluding carboxylic acids is 3. The van der Waals surface area contributed by atoms with Crippen LogP contribution in [-0.4, -0.2) is 70.7 Å². The lowest BCUT2D eigenvalue weighted by atomic mass is 10.0. The fraction of sp³-hybridized carbons (Fsp3) is 0.810. The number of unbranched alkanes of at least 4 members (excludes halogenated alkanes) is 1. The minimum absolute atomic E-state index is 0.187. The molecule has 0 radical (unpaired) electrons. The molecule has 32 heavy (non-hydrogen) atoms. The zero-order valence-electron chi connectivity index (χ0n) is 19.8. The van der Waals surface area contributed by atoms with E-state index in [1.54, 1.807) is 13.8 Å². The Morgan fingerprint density at radius 1 is 0.844 bits per heavy atom. The maximum absolute atomic E-state index is 12.9. The van der Waals surface area contributed by atoms with Crippen molar-refractivity contribution in [2.75, 3.05) is 6.54 Å². The van der Waals surface area contributed by atoms with Crippen LogP contribution in [0.4, 0.5) is 0 Å². The van der Waals surface area contributed by atoms with Gasteiger partial charge in [0.05, 0.1) is 12.1 Å². The molecule has 9 N–H and O–H groups in total. The van der Waals surface area contributed by atoms with Crippen molar-refractivity contribution in [3.8, 4) is 0 Å². The number of hydrogen-bond acceptors (Lipinski definition) is 7. The van der Waals surface area contributed by atoms with E-state index in [0.717, 1.165) is 0 Å².